The average molecular weight is 299 g/mol. The first kappa shape index (κ1) is 14.7. The summed E-state index contributed by atoms with van der Waals surface area (Å²) in [4.78, 5) is 12.2. The number of tetrazole rings is 1. The van der Waals surface area contributed by atoms with Crippen molar-refractivity contribution in [1.29, 1.82) is 0 Å². The fourth-order valence-corrected chi connectivity index (χ4v) is 3.07. The summed E-state index contributed by atoms with van der Waals surface area (Å²) in [5, 5.41) is 14.3. The lowest BCUT2D eigenvalue weighted by atomic mass is 9.81. The van der Waals surface area contributed by atoms with E-state index >= 15 is 0 Å². The Kier molecular flexibility index (Phi) is 4.78. The number of aromatic nitrogens is 4. The molecule has 1 aromatic heterocycles. The highest BCUT2D eigenvalue weighted by Gasteiger charge is 2.26. The van der Waals surface area contributed by atoms with Crippen molar-refractivity contribution in [3.05, 3.63) is 42.2 Å². The molecule has 1 N–H and O–H groups in total. The number of rotatable bonds is 5. The summed E-state index contributed by atoms with van der Waals surface area (Å²) in [6.45, 7) is 1.47. The van der Waals surface area contributed by atoms with Crippen molar-refractivity contribution in [2.24, 2.45) is 11.8 Å². The van der Waals surface area contributed by atoms with Gasteiger partial charge < -0.3 is 5.32 Å². The van der Waals surface area contributed by atoms with Crippen LogP contribution in [0.5, 0.6) is 0 Å². The van der Waals surface area contributed by atoms with Crippen LogP contribution in [0.4, 0.5) is 0 Å². The van der Waals surface area contributed by atoms with Crippen molar-refractivity contribution in [1.82, 2.24) is 25.5 Å². The lowest BCUT2D eigenvalue weighted by Gasteiger charge is -2.27. The number of carbonyl (C=O) groups is 1. The third-order valence-corrected chi connectivity index (χ3v) is 4.36. The van der Waals surface area contributed by atoms with Crippen LogP contribution in [0.3, 0.4) is 0 Å². The zero-order valence-corrected chi connectivity index (χ0v) is 12.6. The highest BCUT2D eigenvalue weighted by atomic mass is 16.1. The number of nitrogens with zero attached hydrogens (tertiary/aromatic N) is 4. The summed E-state index contributed by atoms with van der Waals surface area (Å²) in [7, 11) is 0. The molecule has 0 saturated heterocycles. The first-order valence-corrected chi connectivity index (χ1v) is 7.83. The second-order valence-corrected chi connectivity index (χ2v) is 5.95. The molecule has 22 heavy (non-hydrogen) atoms. The van der Waals surface area contributed by atoms with Gasteiger partial charge in [0, 0.05) is 19.0 Å². The fraction of sp³-hybridized carbons (Fsp3) is 0.500. The van der Waals surface area contributed by atoms with Crippen LogP contribution >= 0.6 is 0 Å². The molecule has 0 unspecified atom stereocenters. The number of hydrogen-bond donors (Lipinski definition) is 1. The Morgan fingerprint density at radius 2 is 1.95 bits per heavy atom. The van der Waals surface area contributed by atoms with E-state index in [0.29, 0.717) is 12.5 Å². The second kappa shape index (κ2) is 7.15. The molecule has 0 spiro atoms. The normalized spacial score (nSPS) is 21.5. The van der Waals surface area contributed by atoms with Crippen LogP contribution in [0, 0.1) is 11.8 Å². The largest absolute Gasteiger partial charge is 0.352 e. The van der Waals surface area contributed by atoms with E-state index in [2.05, 4.69) is 20.8 Å². The molecule has 1 aromatic carbocycles. The van der Waals surface area contributed by atoms with Gasteiger partial charge in [0.25, 0.3) is 0 Å². The first-order valence-electron chi connectivity index (χ1n) is 7.83. The monoisotopic (exact) mass is 299 g/mol. The van der Waals surface area contributed by atoms with E-state index in [-0.39, 0.29) is 11.8 Å². The van der Waals surface area contributed by atoms with Crippen molar-refractivity contribution in [3.63, 3.8) is 0 Å². The van der Waals surface area contributed by atoms with Crippen molar-refractivity contribution in [2.45, 2.75) is 38.8 Å². The van der Waals surface area contributed by atoms with E-state index in [1.165, 1.54) is 0 Å². The van der Waals surface area contributed by atoms with Crippen molar-refractivity contribution >= 4 is 5.91 Å². The molecule has 0 radical (unpaired) electrons. The zero-order valence-electron chi connectivity index (χ0n) is 12.6. The zero-order chi connectivity index (χ0) is 15.2. The van der Waals surface area contributed by atoms with Gasteiger partial charge in [0.1, 0.15) is 6.33 Å². The van der Waals surface area contributed by atoms with E-state index in [0.717, 1.165) is 37.8 Å². The lowest BCUT2D eigenvalue weighted by Crippen LogP contribution is -2.33. The molecule has 1 amide bonds. The van der Waals surface area contributed by atoms with E-state index in [4.69, 9.17) is 0 Å². The summed E-state index contributed by atoms with van der Waals surface area (Å²) in [5.41, 5.74) is 1.14. The highest BCUT2D eigenvalue weighted by molar-refractivity contribution is 5.78. The highest BCUT2D eigenvalue weighted by Crippen LogP contribution is 2.29. The molecule has 2 aromatic rings. The molecular weight excluding hydrogens is 278 g/mol. The third kappa shape index (κ3) is 3.90. The van der Waals surface area contributed by atoms with Crippen LogP contribution in [0.2, 0.25) is 0 Å². The summed E-state index contributed by atoms with van der Waals surface area (Å²) >= 11 is 0. The molecule has 1 saturated carbocycles. The Morgan fingerprint density at radius 3 is 2.64 bits per heavy atom. The van der Waals surface area contributed by atoms with E-state index in [1.807, 2.05) is 30.3 Å². The molecule has 0 aliphatic heterocycles. The summed E-state index contributed by atoms with van der Waals surface area (Å²) in [6.07, 6.45) is 5.67. The lowest BCUT2D eigenvalue weighted by molar-refractivity contribution is -0.126. The smallest absolute Gasteiger partial charge is 0.223 e. The van der Waals surface area contributed by atoms with Crippen molar-refractivity contribution in [2.75, 3.05) is 0 Å². The predicted molar refractivity (Wildman–Crippen MR) is 81.6 cm³/mol. The standard InChI is InChI=1S/C16H21N5O/c22-16(17-10-13-4-2-1-3-5-13)15-8-6-14(7-9-15)11-21-12-18-19-20-21/h1-5,12,14-15H,6-11H2,(H,17,22). The molecule has 6 heteroatoms. The van der Waals surface area contributed by atoms with Gasteiger partial charge in [0.2, 0.25) is 5.91 Å². The number of benzene rings is 1. The van der Waals surface area contributed by atoms with Gasteiger partial charge in [0.15, 0.2) is 0 Å². The van der Waals surface area contributed by atoms with Crippen molar-refractivity contribution < 1.29 is 4.79 Å². The number of amides is 1. The summed E-state index contributed by atoms with van der Waals surface area (Å²) in [6, 6.07) is 10.0. The van der Waals surface area contributed by atoms with Gasteiger partial charge in [-0.3, -0.25) is 4.79 Å². The van der Waals surface area contributed by atoms with E-state index in [1.54, 1.807) is 11.0 Å². The Hall–Kier alpha value is -2.24. The molecule has 1 fully saturated rings. The summed E-state index contributed by atoms with van der Waals surface area (Å²) < 4.78 is 1.78. The minimum atomic E-state index is 0.147. The van der Waals surface area contributed by atoms with Gasteiger partial charge in [-0.25, -0.2) is 4.68 Å². The van der Waals surface area contributed by atoms with Gasteiger partial charge in [0.05, 0.1) is 0 Å². The van der Waals surface area contributed by atoms with Gasteiger partial charge in [-0.05, 0) is 47.6 Å². The second-order valence-electron chi connectivity index (χ2n) is 5.95. The fourth-order valence-electron chi connectivity index (χ4n) is 3.07. The van der Waals surface area contributed by atoms with Crippen LogP contribution < -0.4 is 5.32 Å². The summed E-state index contributed by atoms with van der Waals surface area (Å²) in [5.74, 6) is 0.903. The van der Waals surface area contributed by atoms with Gasteiger partial charge in [-0.2, -0.15) is 0 Å². The van der Waals surface area contributed by atoms with Crippen LogP contribution in [-0.2, 0) is 17.9 Å². The molecule has 1 aliphatic carbocycles. The predicted octanol–water partition coefficient (Wildman–Crippen LogP) is 1.80. The molecule has 0 atom stereocenters. The molecule has 1 heterocycles. The SMILES string of the molecule is O=C(NCc1ccccc1)C1CCC(Cn2cnnn2)CC1. The Labute approximate surface area is 129 Å². The number of carbonyl (C=O) groups excluding carboxylic acids is 1. The minimum Gasteiger partial charge on any atom is -0.352 e. The van der Waals surface area contributed by atoms with Gasteiger partial charge >= 0.3 is 0 Å². The molecule has 3 rings (SSSR count). The minimum absolute atomic E-state index is 0.147. The van der Waals surface area contributed by atoms with Crippen LogP contribution in [0.25, 0.3) is 0 Å². The van der Waals surface area contributed by atoms with E-state index in [9.17, 15) is 4.79 Å². The maximum atomic E-state index is 12.2. The molecule has 0 bridgehead atoms. The van der Waals surface area contributed by atoms with Crippen LogP contribution in [0.15, 0.2) is 36.7 Å². The van der Waals surface area contributed by atoms with Gasteiger partial charge in [-0.15, -0.1) is 5.10 Å². The Morgan fingerprint density at radius 1 is 1.18 bits per heavy atom. The molecular formula is C16H21N5O. The molecule has 1 aliphatic rings. The maximum Gasteiger partial charge on any atom is 0.223 e. The Balaban J connectivity index is 1.42. The topological polar surface area (TPSA) is 72.7 Å². The quantitative estimate of drug-likeness (QED) is 0.913. The molecule has 116 valence electrons. The van der Waals surface area contributed by atoms with Gasteiger partial charge in [-0.1, -0.05) is 30.3 Å². The van der Waals surface area contributed by atoms with Crippen LogP contribution in [-0.4, -0.2) is 26.1 Å². The number of hydrogen-bond acceptors (Lipinski definition) is 4. The molecule has 6 nitrogen and oxygen atoms in total. The Bertz CT molecular complexity index is 576. The van der Waals surface area contributed by atoms with E-state index < -0.39 is 0 Å². The maximum absolute atomic E-state index is 12.2. The van der Waals surface area contributed by atoms with Crippen molar-refractivity contribution in [3.8, 4) is 0 Å². The average Bonchev–Trinajstić information content (AvgIpc) is 3.07. The van der Waals surface area contributed by atoms with Crippen LogP contribution in [0.1, 0.15) is 31.2 Å². The third-order valence-electron chi connectivity index (χ3n) is 4.36. The first-order chi connectivity index (χ1) is 10.8. The number of nitrogens with one attached hydrogen (secondary N) is 1.